The Morgan fingerprint density at radius 1 is 1.10 bits per heavy atom. The Morgan fingerprint density at radius 2 is 1.71 bits per heavy atom. The number of benzene rings is 1. The van der Waals surface area contributed by atoms with Crippen LogP contribution >= 0.6 is 0 Å². The summed E-state index contributed by atoms with van der Waals surface area (Å²) in [4.78, 5) is 7.65. The molecule has 0 aliphatic heterocycles. The fourth-order valence-corrected chi connectivity index (χ4v) is 1.75. The van der Waals surface area contributed by atoms with Gasteiger partial charge in [-0.05, 0) is 6.92 Å². The summed E-state index contributed by atoms with van der Waals surface area (Å²) in [5.41, 5.74) is 6.73. The number of halogens is 1. The van der Waals surface area contributed by atoms with Crippen molar-refractivity contribution in [1.29, 1.82) is 0 Å². The molecular formula is C15H14FN3O2. The van der Waals surface area contributed by atoms with Crippen LogP contribution in [0.15, 0.2) is 18.5 Å². The minimum Gasteiger partial charge on any atom is -0.496 e. The van der Waals surface area contributed by atoms with E-state index in [1.807, 2.05) is 0 Å². The van der Waals surface area contributed by atoms with E-state index in [-0.39, 0.29) is 17.3 Å². The van der Waals surface area contributed by atoms with Gasteiger partial charge in [0.05, 0.1) is 25.3 Å². The first-order valence-corrected chi connectivity index (χ1v) is 6.07. The van der Waals surface area contributed by atoms with Gasteiger partial charge in [0.15, 0.2) is 11.6 Å². The van der Waals surface area contributed by atoms with Crippen LogP contribution in [0.2, 0.25) is 0 Å². The Morgan fingerprint density at radius 3 is 2.29 bits per heavy atom. The van der Waals surface area contributed by atoms with Gasteiger partial charge in [0, 0.05) is 24.0 Å². The van der Waals surface area contributed by atoms with Gasteiger partial charge in [-0.3, -0.25) is 0 Å². The summed E-state index contributed by atoms with van der Waals surface area (Å²) in [6.45, 7) is 1.73. The second-order valence-electron chi connectivity index (χ2n) is 4.18. The molecule has 6 heteroatoms. The van der Waals surface area contributed by atoms with E-state index >= 15 is 0 Å². The molecule has 2 rings (SSSR count). The van der Waals surface area contributed by atoms with E-state index in [0.717, 1.165) is 0 Å². The van der Waals surface area contributed by atoms with Crippen molar-refractivity contribution in [2.75, 3.05) is 20.0 Å². The second kappa shape index (κ2) is 6.09. The van der Waals surface area contributed by atoms with Gasteiger partial charge in [0.25, 0.3) is 0 Å². The van der Waals surface area contributed by atoms with Gasteiger partial charge in [-0.2, -0.15) is 0 Å². The Kier molecular flexibility index (Phi) is 4.24. The third kappa shape index (κ3) is 3.03. The second-order valence-corrected chi connectivity index (χ2v) is 4.18. The number of hydrogen-bond acceptors (Lipinski definition) is 5. The highest BCUT2D eigenvalue weighted by Gasteiger charge is 2.15. The van der Waals surface area contributed by atoms with E-state index in [2.05, 4.69) is 21.8 Å². The van der Waals surface area contributed by atoms with Gasteiger partial charge in [-0.1, -0.05) is 11.8 Å². The highest BCUT2D eigenvalue weighted by atomic mass is 19.1. The third-order valence-corrected chi connectivity index (χ3v) is 2.89. The Balaban J connectivity index is 2.51. The molecule has 1 aromatic heterocycles. The van der Waals surface area contributed by atoms with Crippen molar-refractivity contribution in [3.8, 4) is 23.3 Å². The first-order valence-electron chi connectivity index (χ1n) is 6.07. The lowest BCUT2D eigenvalue weighted by molar-refractivity contribution is 0.371. The average Bonchev–Trinajstić information content (AvgIpc) is 2.49. The highest BCUT2D eigenvalue weighted by Crippen LogP contribution is 2.31. The van der Waals surface area contributed by atoms with E-state index in [0.29, 0.717) is 16.9 Å². The zero-order valence-electron chi connectivity index (χ0n) is 11.9. The lowest BCUT2D eigenvalue weighted by atomic mass is 10.1. The number of hydrogen-bond donors (Lipinski definition) is 1. The summed E-state index contributed by atoms with van der Waals surface area (Å²) >= 11 is 0. The Labute approximate surface area is 121 Å². The number of rotatable bonds is 2. The van der Waals surface area contributed by atoms with Gasteiger partial charge in [0.2, 0.25) is 5.95 Å². The maximum absolute atomic E-state index is 14.3. The highest BCUT2D eigenvalue weighted by molar-refractivity contribution is 5.55. The topological polar surface area (TPSA) is 70.3 Å². The summed E-state index contributed by atoms with van der Waals surface area (Å²) in [6.07, 6.45) is 2.94. The van der Waals surface area contributed by atoms with Crippen molar-refractivity contribution in [3.63, 3.8) is 0 Å². The maximum Gasteiger partial charge on any atom is 0.219 e. The molecule has 0 spiro atoms. The van der Waals surface area contributed by atoms with Gasteiger partial charge in [-0.25, -0.2) is 14.4 Å². The molecule has 5 nitrogen and oxygen atoms in total. The van der Waals surface area contributed by atoms with Gasteiger partial charge in [-0.15, -0.1) is 0 Å². The normalized spacial score (nSPS) is 9.71. The van der Waals surface area contributed by atoms with Gasteiger partial charge >= 0.3 is 0 Å². The van der Waals surface area contributed by atoms with Crippen LogP contribution in [-0.4, -0.2) is 24.2 Å². The minimum absolute atomic E-state index is 0.0790. The number of nitrogens with two attached hydrogens (primary N) is 1. The van der Waals surface area contributed by atoms with Crippen LogP contribution in [0.4, 0.5) is 10.3 Å². The fraction of sp³-hybridized carbons (Fsp3) is 0.200. The summed E-state index contributed by atoms with van der Waals surface area (Å²) in [7, 11) is 2.89. The largest absolute Gasteiger partial charge is 0.496 e. The molecule has 21 heavy (non-hydrogen) atoms. The van der Waals surface area contributed by atoms with E-state index in [9.17, 15) is 4.39 Å². The van der Waals surface area contributed by atoms with E-state index in [1.165, 1.54) is 32.7 Å². The molecule has 0 bridgehead atoms. The molecule has 0 saturated carbocycles. The molecule has 0 atom stereocenters. The predicted molar refractivity (Wildman–Crippen MR) is 76.7 cm³/mol. The molecule has 0 aliphatic carbocycles. The van der Waals surface area contributed by atoms with Gasteiger partial charge in [0.1, 0.15) is 5.75 Å². The van der Waals surface area contributed by atoms with Crippen LogP contribution < -0.4 is 15.2 Å². The van der Waals surface area contributed by atoms with Crippen molar-refractivity contribution < 1.29 is 13.9 Å². The molecule has 2 aromatic rings. The fourth-order valence-electron chi connectivity index (χ4n) is 1.75. The van der Waals surface area contributed by atoms with E-state index in [4.69, 9.17) is 15.2 Å². The number of ether oxygens (including phenoxy) is 2. The van der Waals surface area contributed by atoms with Crippen molar-refractivity contribution in [3.05, 3.63) is 41.0 Å². The van der Waals surface area contributed by atoms with Crippen molar-refractivity contribution in [2.24, 2.45) is 0 Å². The molecule has 0 radical (unpaired) electrons. The lowest BCUT2D eigenvalue weighted by Crippen LogP contribution is -1.99. The first-order chi connectivity index (χ1) is 10.1. The summed E-state index contributed by atoms with van der Waals surface area (Å²) in [5.74, 6) is 5.77. The number of nitrogens with zero attached hydrogens (tertiary/aromatic N) is 2. The predicted octanol–water partition coefficient (Wildman–Crippen LogP) is 1.92. The van der Waals surface area contributed by atoms with Crippen molar-refractivity contribution in [1.82, 2.24) is 9.97 Å². The smallest absolute Gasteiger partial charge is 0.219 e. The SMILES string of the molecule is COc1cc(OC)c(F)c(C#Cc2cnc(N)nc2)c1C. The van der Waals surface area contributed by atoms with E-state index < -0.39 is 5.82 Å². The standard InChI is InChI=1S/C15H14FN3O2/c1-9-11(5-4-10-7-18-15(17)19-8-10)14(16)13(21-3)6-12(9)20-2/h6-8H,1-3H3,(H2,17,18,19). The zero-order chi connectivity index (χ0) is 15.4. The molecule has 0 saturated heterocycles. The van der Waals surface area contributed by atoms with Crippen LogP contribution in [-0.2, 0) is 0 Å². The van der Waals surface area contributed by atoms with Crippen LogP contribution in [0, 0.1) is 24.6 Å². The molecule has 0 unspecified atom stereocenters. The average molecular weight is 287 g/mol. The van der Waals surface area contributed by atoms with Crippen molar-refractivity contribution in [2.45, 2.75) is 6.92 Å². The Hall–Kier alpha value is -2.81. The zero-order valence-corrected chi connectivity index (χ0v) is 11.9. The van der Waals surface area contributed by atoms with Crippen molar-refractivity contribution >= 4 is 5.95 Å². The van der Waals surface area contributed by atoms with E-state index in [1.54, 1.807) is 6.92 Å². The summed E-state index contributed by atoms with van der Waals surface area (Å²) in [5, 5.41) is 0. The number of nitrogen functional groups attached to an aromatic ring is 1. The monoisotopic (exact) mass is 287 g/mol. The molecule has 0 fully saturated rings. The molecule has 108 valence electrons. The van der Waals surface area contributed by atoms with Crippen LogP contribution in [0.3, 0.4) is 0 Å². The molecule has 2 N–H and O–H groups in total. The maximum atomic E-state index is 14.3. The molecule has 1 heterocycles. The first kappa shape index (κ1) is 14.6. The Bertz CT molecular complexity index is 690. The van der Waals surface area contributed by atoms with Gasteiger partial charge < -0.3 is 15.2 Å². The lowest BCUT2D eigenvalue weighted by Gasteiger charge is -2.11. The number of aromatic nitrogens is 2. The molecule has 0 aliphatic rings. The summed E-state index contributed by atoms with van der Waals surface area (Å²) < 4.78 is 24.5. The summed E-state index contributed by atoms with van der Waals surface area (Å²) in [6, 6.07) is 1.49. The number of anilines is 1. The minimum atomic E-state index is -0.528. The molecular weight excluding hydrogens is 273 g/mol. The van der Waals surface area contributed by atoms with Crippen LogP contribution in [0.25, 0.3) is 0 Å². The van der Waals surface area contributed by atoms with Crippen LogP contribution in [0.5, 0.6) is 11.5 Å². The molecule has 1 aromatic carbocycles. The quantitative estimate of drug-likeness (QED) is 0.855. The number of methoxy groups -OCH3 is 2. The molecule has 0 amide bonds. The van der Waals surface area contributed by atoms with Crippen LogP contribution in [0.1, 0.15) is 16.7 Å². The third-order valence-electron chi connectivity index (χ3n) is 2.89.